The van der Waals surface area contributed by atoms with Gasteiger partial charge in [-0.25, -0.2) is 19.6 Å². The highest BCUT2D eigenvalue weighted by atomic mass is 16.5. The molecule has 4 rings (SSSR count). The zero-order valence-corrected chi connectivity index (χ0v) is 24.8. The zero-order valence-electron chi connectivity index (χ0n) is 24.8. The lowest BCUT2D eigenvalue weighted by Gasteiger charge is -2.34. The molecule has 2 amide bonds. The van der Waals surface area contributed by atoms with Gasteiger partial charge >= 0.3 is 12.1 Å². The molecule has 0 saturated carbocycles. The van der Waals surface area contributed by atoms with Gasteiger partial charge in [-0.3, -0.25) is 4.79 Å². The Balaban J connectivity index is 1.73. The lowest BCUT2D eigenvalue weighted by Crippen LogP contribution is -2.57. The SMILES string of the molecule is COc1ccc2nc3c(nc2c1)OC1CN(C(=O)C(C(C)(C)C)NC(=O)OCC(C)CCCCC3)C(C(=O)O)C1C. The van der Waals surface area contributed by atoms with Crippen LogP contribution in [-0.4, -0.2) is 76.4 Å². The Morgan fingerprint density at radius 2 is 1.88 bits per heavy atom. The molecule has 3 heterocycles. The molecule has 2 aliphatic rings. The van der Waals surface area contributed by atoms with E-state index in [1.165, 1.54) is 4.90 Å². The van der Waals surface area contributed by atoms with Crippen molar-refractivity contribution in [1.29, 1.82) is 0 Å². The molecule has 2 aliphatic heterocycles. The first-order valence-corrected chi connectivity index (χ1v) is 14.4. The largest absolute Gasteiger partial charge is 0.497 e. The van der Waals surface area contributed by atoms with Gasteiger partial charge in [0.05, 0.1) is 31.3 Å². The van der Waals surface area contributed by atoms with Crippen LogP contribution in [-0.2, 0) is 20.7 Å². The first kappa shape index (κ1) is 30.3. The van der Waals surface area contributed by atoms with E-state index in [0.29, 0.717) is 34.8 Å². The predicted molar refractivity (Wildman–Crippen MR) is 152 cm³/mol. The van der Waals surface area contributed by atoms with E-state index in [1.807, 2.05) is 39.8 Å². The molecule has 224 valence electrons. The normalized spacial score (nSPS) is 26.7. The number of carbonyl (C=O) groups is 3. The van der Waals surface area contributed by atoms with Gasteiger partial charge in [0.2, 0.25) is 11.8 Å². The number of carboxylic acids is 1. The van der Waals surface area contributed by atoms with Crippen molar-refractivity contribution in [2.45, 2.75) is 84.9 Å². The number of nitrogens with zero attached hydrogens (tertiary/aromatic N) is 3. The molecule has 1 aromatic heterocycles. The number of methoxy groups -OCH3 is 1. The third-order valence-electron chi connectivity index (χ3n) is 7.99. The van der Waals surface area contributed by atoms with Gasteiger partial charge in [0.25, 0.3) is 0 Å². The molecule has 0 aliphatic carbocycles. The average molecular weight is 571 g/mol. The Bertz CT molecular complexity index is 1280. The molecule has 1 saturated heterocycles. The van der Waals surface area contributed by atoms with Crippen LogP contribution in [0.4, 0.5) is 4.79 Å². The van der Waals surface area contributed by atoms with E-state index in [2.05, 4.69) is 5.32 Å². The smallest absolute Gasteiger partial charge is 0.407 e. The summed E-state index contributed by atoms with van der Waals surface area (Å²) in [6, 6.07) is 3.33. The summed E-state index contributed by atoms with van der Waals surface area (Å²) in [4.78, 5) is 50.0. The van der Waals surface area contributed by atoms with Gasteiger partial charge in [-0.2, -0.15) is 0 Å². The monoisotopic (exact) mass is 570 g/mol. The third kappa shape index (κ3) is 7.00. The highest BCUT2D eigenvalue weighted by Gasteiger charge is 2.50. The molecular weight excluding hydrogens is 528 g/mol. The van der Waals surface area contributed by atoms with Crippen LogP contribution >= 0.6 is 0 Å². The van der Waals surface area contributed by atoms with Crippen molar-refractivity contribution in [1.82, 2.24) is 20.2 Å². The van der Waals surface area contributed by atoms with E-state index in [0.717, 1.165) is 25.7 Å². The Kier molecular flexibility index (Phi) is 9.24. The molecule has 5 unspecified atom stereocenters. The summed E-state index contributed by atoms with van der Waals surface area (Å²) in [6.07, 6.45) is 2.95. The summed E-state index contributed by atoms with van der Waals surface area (Å²) >= 11 is 0. The van der Waals surface area contributed by atoms with Crippen LogP contribution in [0.15, 0.2) is 18.2 Å². The molecule has 0 radical (unpaired) electrons. The fraction of sp³-hybridized carbons (Fsp3) is 0.633. The summed E-state index contributed by atoms with van der Waals surface area (Å²) in [5.74, 6) is -1.07. The number of amides is 2. The average Bonchev–Trinajstić information content (AvgIpc) is 3.24. The van der Waals surface area contributed by atoms with E-state index < -0.39 is 47.5 Å². The summed E-state index contributed by atoms with van der Waals surface area (Å²) < 4.78 is 17.3. The predicted octanol–water partition coefficient (Wildman–Crippen LogP) is 4.21. The summed E-state index contributed by atoms with van der Waals surface area (Å²) in [6.45, 7) is 9.49. The molecule has 11 nitrogen and oxygen atoms in total. The summed E-state index contributed by atoms with van der Waals surface area (Å²) in [7, 11) is 1.58. The van der Waals surface area contributed by atoms with Crippen molar-refractivity contribution < 1.29 is 33.7 Å². The second kappa shape index (κ2) is 12.5. The van der Waals surface area contributed by atoms with Gasteiger partial charge < -0.3 is 29.5 Å². The molecule has 2 bridgehead atoms. The summed E-state index contributed by atoms with van der Waals surface area (Å²) in [5, 5.41) is 12.9. The van der Waals surface area contributed by atoms with Gasteiger partial charge in [-0.15, -0.1) is 0 Å². The number of carboxylic acid groups (broad SMARTS) is 1. The molecule has 2 N–H and O–H groups in total. The van der Waals surface area contributed by atoms with Crippen LogP contribution in [0.3, 0.4) is 0 Å². The lowest BCUT2D eigenvalue weighted by molar-refractivity contribution is -0.151. The van der Waals surface area contributed by atoms with Gasteiger partial charge in [-0.1, -0.05) is 47.5 Å². The first-order chi connectivity index (χ1) is 19.4. The molecule has 1 aromatic carbocycles. The van der Waals surface area contributed by atoms with Crippen LogP contribution in [0.1, 0.15) is 66.0 Å². The van der Waals surface area contributed by atoms with E-state index in [1.54, 1.807) is 20.1 Å². The first-order valence-electron chi connectivity index (χ1n) is 14.4. The quantitative estimate of drug-likeness (QED) is 0.543. The number of hydrogen-bond donors (Lipinski definition) is 2. The molecule has 41 heavy (non-hydrogen) atoms. The van der Waals surface area contributed by atoms with Crippen molar-refractivity contribution in [3.8, 4) is 11.6 Å². The number of cyclic esters (lactones) is 1. The number of ether oxygens (including phenoxy) is 3. The number of carbonyl (C=O) groups excluding carboxylic acids is 2. The van der Waals surface area contributed by atoms with Crippen molar-refractivity contribution in [2.24, 2.45) is 17.3 Å². The van der Waals surface area contributed by atoms with Crippen molar-refractivity contribution >= 4 is 29.0 Å². The van der Waals surface area contributed by atoms with Crippen molar-refractivity contribution in [2.75, 3.05) is 20.3 Å². The van der Waals surface area contributed by atoms with Crippen LogP contribution in [0.2, 0.25) is 0 Å². The topological polar surface area (TPSA) is 140 Å². The minimum Gasteiger partial charge on any atom is -0.497 e. The van der Waals surface area contributed by atoms with Gasteiger partial charge in [0.1, 0.15) is 29.6 Å². The Hall–Kier alpha value is -3.63. The van der Waals surface area contributed by atoms with Gasteiger partial charge in [-0.05, 0) is 42.7 Å². The summed E-state index contributed by atoms with van der Waals surface area (Å²) in [5.41, 5.74) is 1.31. The number of rotatable bonds is 2. The third-order valence-corrected chi connectivity index (χ3v) is 7.99. The lowest BCUT2D eigenvalue weighted by atomic mass is 9.85. The van der Waals surface area contributed by atoms with Crippen LogP contribution < -0.4 is 14.8 Å². The maximum absolute atomic E-state index is 13.9. The maximum atomic E-state index is 13.9. The van der Waals surface area contributed by atoms with Gasteiger partial charge in [0, 0.05) is 12.0 Å². The number of hydrogen-bond acceptors (Lipinski definition) is 8. The minimum absolute atomic E-state index is 0.0224. The van der Waals surface area contributed by atoms with E-state index in [-0.39, 0.29) is 19.1 Å². The molecule has 0 spiro atoms. The molecule has 11 heteroatoms. The number of nitrogens with one attached hydrogen (secondary N) is 1. The second-order valence-corrected chi connectivity index (χ2v) is 12.4. The number of benzene rings is 1. The number of aliphatic carboxylic acids is 1. The Morgan fingerprint density at radius 3 is 2.56 bits per heavy atom. The number of aromatic nitrogens is 2. The van der Waals surface area contributed by atoms with E-state index in [9.17, 15) is 19.5 Å². The number of alkyl carbamates (subject to hydrolysis) is 1. The van der Waals surface area contributed by atoms with Crippen LogP contribution in [0.25, 0.3) is 11.0 Å². The zero-order chi connectivity index (χ0) is 29.9. The number of aryl methyl sites for hydroxylation is 1. The highest BCUT2D eigenvalue weighted by molar-refractivity contribution is 5.90. The standard InChI is InChI=1S/C30H42N4O7/c1-17-10-8-7-9-11-21-26(32-22-14-19(39-6)12-13-20(22)31-21)41-23-15-34(24(18(23)2)28(36)37)27(35)25(30(3,4)5)33-29(38)40-16-17/h12-14,17-18,23-25H,7-11,15-16H2,1-6H3,(H,33,38)(H,36,37). The minimum atomic E-state index is -1.14. The molecule has 5 atom stereocenters. The highest BCUT2D eigenvalue weighted by Crippen LogP contribution is 2.33. The van der Waals surface area contributed by atoms with Crippen LogP contribution in [0.5, 0.6) is 11.6 Å². The van der Waals surface area contributed by atoms with Crippen molar-refractivity contribution in [3.63, 3.8) is 0 Å². The second-order valence-electron chi connectivity index (χ2n) is 12.4. The Labute approximate surface area is 240 Å². The fourth-order valence-electron chi connectivity index (χ4n) is 5.51. The Morgan fingerprint density at radius 1 is 1.12 bits per heavy atom. The maximum Gasteiger partial charge on any atom is 0.407 e. The van der Waals surface area contributed by atoms with Gasteiger partial charge in [0.15, 0.2) is 0 Å². The molecule has 1 fully saturated rings. The van der Waals surface area contributed by atoms with E-state index >= 15 is 0 Å². The van der Waals surface area contributed by atoms with Crippen LogP contribution in [0, 0.1) is 17.3 Å². The number of fused-ring (bicyclic) bond motifs is 4. The van der Waals surface area contributed by atoms with E-state index in [4.69, 9.17) is 24.2 Å². The van der Waals surface area contributed by atoms with Crippen molar-refractivity contribution in [3.05, 3.63) is 23.9 Å². The molecular formula is C30H42N4O7. The molecule has 2 aromatic rings. The fourth-order valence-corrected chi connectivity index (χ4v) is 5.51.